The van der Waals surface area contributed by atoms with Gasteiger partial charge >= 0.3 is 0 Å². The predicted octanol–water partition coefficient (Wildman–Crippen LogP) is 2.93. The van der Waals surface area contributed by atoms with Gasteiger partial charge in [0.2, 0.25) is 0 Å². The minimum Gasteiger partial charge on any atom is -0.393 e. The molecule has 0 saturated carbocycles. The number of nitro benzene ring substituents is 1. The maximum atomic E-state index is 10.5. The van der Waals surface area contributed by atoms with Crippen molar-refractivity contribution in [1.29, 1.82) is 0 Å². The van der Waals surface area contributed by atoms with Gasteiger partial charge in [0.25, 0.3) is 5.69 Å². The van der Waals surface area contributed by atoms with Gasteiger partial charge in [-0.1, -0.05) is 32.9 Å². The van der Waals surface area contributed by atoms with Gasteiger partial charge in [0.15, 0.2) is 0 Å². The van der Waals surface area contributed by atoms with Crippen molar-refractivity contribution in [1.82, 2.24) is 0 Å². The molecule has 17 heavy (non-hydrogen) atoms. The largest absolute Gasteiger partial charge is 0.393 e. The highest BCUT2D eigenvalue weighted by Gasteiger charge is 2.21. The molecule has 4 heteroatoms. The first-order chi connectivity index (χ1) is 7.80. The summed E-state index contributed by atoms with van der Waals surface area (Å²) in [4.78, 5) is 10.1. The first-order valence-corrected chi connectivity index (χ1v) is 5.72. The second-order valence-corrected chi connectivity index (χ2v) is 5.34. The maximum Gasteiger partial charge on any atom is 0.269 e. The van der Waals surface area contributed by atoms with Crippen molar-refractivity contribution in [3.05, 3.63) is 39.9 Å². The van der Waals surface area contributed by atoms with Gasteiger partial charge in [-0.3, -0.25) is 10.1 Å². The molecule has 0 fully saturated rings. The van der Waals surface area contributed by atoms with E-state index in [0.717, 1.165) is 12.0 Å². The van der Waals surface area contributed by atoms with Crippen LogP contribution in [0.5, 0.6) is 0 Å². The SMILES string of the molecule is CC(C)(C)C(O)CCc1ccc([N+](=O)[O-])cc1. The molecule has 0 amide bonds. The molecule has 1 aromatic carbocycles. The Labute approximate surface area is 101 Å². The standard InChI is InChI=1S/C13H19NO3/c1-13(2,3)12(15)9-6-10-4-7-11(8-5-10)14(16)17/h4-5,7-8,12,15H,6,9H2,1-3H3. The average molecular weight is 237 g/mol. The van der Waals surface area contributed by atoms with E-state index >= 15 is 0 Å². The van der Waals surface area contributed by atoms with Gasteiger partial charge in [-0.25, -0.2) is 0 Å². The summed E-state index contributed by atoms with van der Waals surface area (Å²) in [5, 5.41) is 20.4. The van der Waals surface area contributed by atoms with E-state index in [2.05, 4.69) is 0 Å². The van der Waals surface area contributed by atoms with Crippen molar-refractivity contribution >= 4 is 5.69 Å². The number of aliphatic hydroxyl groups excluding tert-OH is 1. The van der Waals surface area contributed by atoms with Crippen molar-refractivity contribution in [3.8, 4) is 0 Å². The van der Waals surface area contributed by atoms with Crippen LogP contribution in [0.25, 0.3) is 0 Å². The first-order valence-electron chi connectivity index (χ1n) is 5.72. The zero-order valence-electron chi connectivity index (χ0n) is 10.5. The van der Waals surface area contributed by atoms with E-state index in [1.54, 1.807) is 12.1 Å². The third-order valence-electron chi connectivity index (χ3n) is 2.85. The Bertz CT molecular complexity index is 379. The highest BCUT2D eigenvalue weighted by Crippen LogP contribution is 2.23. The Morgan fingerprint density at radius 3 is 2.24 bits per heavy atom. The molecule has 1 aromatic rings. The molecule has 0 aliphatic carbocycles. The molecule has 0 aliphatic rings. The zero-order valence-corrected chi connectivity index (χ0v) is 10.5. The van der Waals surface area contributed by atoms with E-state index in [-0.39, 0.29) is 17.2 Å². The lowest BCUT2D eigenvalue weighted by atomic mass is 9.86. The van der Waals surface area contributed by atoms with Gasteiger partial charge in [0.05, 0.1) is 11.0 Å². The normalized spacial score (nSPS) is 13.4. The quantitative estimate of drug-likeness (QED) is 0.646. The van der Waals surface area contributed by atoms with Gasteiger partial charge in [-0.05, 0) is 23.8 Å². The lowest BCUT2D eigenvalue weighted by Crippen LogP contribution is -2.26. The smallest absolute Gasteiger partial charge is 0.269 e. The van der Waals surface area contributed by atoms with Crippen molar-refractivity contribution in [2.45, 2.75) is 39.7 Å². The molecule has 1 unspecified atom stereocenters. The van der Waals surface area contributed by atoms with Crippen LogP contribution in [0.1, 0.15) is 32.8 Å². The van der Waals surface area contributed by atoms with Crippen LogP contribution in [0.3, 0.4) is 0 Å². The molecule has 0 spiro atoms. The Morgan fingerprint density at radius 1 is 1.29 bits per heavy atom. The lowest BCUT2D eigenvalue weighted by molar-refractivity contribution is -0.384. The van der Waals surface area contributed by atoms with Crippen molar-refractivity contribution < 1.29 is 10.0 Å². The third-order valence-corrected chi connectivity index (χ3v) is 2.85. The Kier molecular flexibility index (Phi) is 4.23. The molecule has 1 atom stereocenters. The number of rotatable bonds is 4. The molecule has 0 radical (unpaired) electrons. The second-order valence-electron chi connectivity index (χ2n) is 5.34. The molecular formula is C13H19NO3. The zero-order chi connectivity index (χ0) is 13.1. The van der Waals surface area contributed by atoms with Crippen LogP contribution in [0.2, 0.25) is 0 Å². The number of nitro groups is 1. The topological polar surface area (TPSA) is 63.4 Å². The number of benzene rings is 1. The number of non-ortho nitro benzene ring substituents is 1. The number of aryl methyl sites for hydroxylation is 1. The van der Waals surface area contributed by atoms with Crippen LogP contribution < -0.4 is 0 Å². The Morgan fingerprint density at radius 2 is 1.82 bits per heavy atom. The van der Waals surface area contributed by atoms with Gasteiger partial charge in [-0.15, -0.1) is 0 Å². The molecular weight excluding hydrogens is 218 g/mol. The molecule has 0 aromatic heterocycles. The molecule has 0 bridgehead atoms. The third kappa shape index (κ3) is 4.15. The summed E-state index contributed by atoms with van der Waals surface area (Å²) < 4.78 is 0. The first kappa shape index (κ1) is 13.6. The Balaban J connectivity index is 2.56. The van der Waals surface area contributed by atoms with E-state index in [4.69, 9.17) is 0 Å². The van der Waals surface area contributed by atoms with E-state index in [9.17, 15) is 15.2 Å². The fourth-order valence-corrected chi connectivity index (χ4v) is 1.52. The molecule has 4 nitrogen and oxygen atoms in total. The minimum absolute atomic E-state index is 0.102. The van der Waals surface area contributed by atoms with E-state index in [0.29, 0.717) is 6.42 Å². The Hall–Kier alpha value is -1.42. The van der Waals surface area contributed by atoms with Crippen LogP contribution in [-0.2, 0) is 6.42 Å². The summed E-state index contributed by atoms with van der Waals surface area (Å²) in [6, 6.07) is 6.48. The highest BCUT2D eigenvalue weighted by molar-refractivity contribution is 5.32. The monoisotopic (exact) mass is 237 g/mol. The molecule has 0 heterocycles. The van der Waals surface area contributed by atoms with Crippen LogP contribution in [0.4, 0.5) is 5.69 Å². The van der Waals surface area contributed by atoms with Crippen LogP contribution in [0, 0.1) is 15.5 Å². The lowest BCUT2D eigenvalue weighted by Gasteiger charge is -2.25. The number of nitrogens with zero attached hydrogens (tertiary/aromatic N) is 1. The maximum absolute atomic E-state index is 10.5. The van der Waals surface area contributed by atoms with Crippen molar-refractivity contribution in [2.24, 2.45) is 5.41 Å². The summed E-state index contributed by atoms with van der Waals surface area (Å²) in [5.74, 6) is 0. The minimum atomic E-state index is -0.409. The fraction of sp³-hybridized carbons (Fsp3) is 0.538. The average Bonchev–Trinajstić information content (AvgIpc) is 2.25. The fourth-order valence-electron chi connectivity index (χ4n) is 1.52. The molecule has 0 saturated heterocycles. The second kappa shape index (κ2) is 5.27. The summed E-state index contributed by atoms with van der Waals surface area (Å²) >= 11 is 0. The summed E-state index contributed by atoms with van der Waals surface area (Å²) in [7, 11) is 0. The van der Waals surface area contributed by atoms with Gasteiger partial charge in [0, 0.05) is 12.1 Å². The van der Waals surface area contributed by atoms with Crippen LogP contribution in [0.15, 0.2) is 24.3 Å². The molecule has 0 aliphatic heterocycles. The number of hydrogen-bond donors (Lipinski definition) is 1. The molecule has 1 N–H and O–H groups in total. The van der Waals surface area contributed by atoms with Crippen molar-refractivity contribution in [2.75, 3.05) is 0 Å². The summed E-state index contributed by atoms with van der Waals surface area (Å²) in [6.07, 6.45) is 1.04. The van der Waals surface area contributed by atoms with E-state index < -0.39 is 4.92 Å². The molecule has 1 rings (SSSR count). The molecule has 94 valence electrons. The van der Waals surface area contributed by atoms with Gasteiger partial charge < -0.3 is 5.11 Å². The van der Waals surface area contributed by atoms with Crippen LogP contribution in [-0.4, -0.2) is 16.1 Å². The predicted molar refractivity (Wildman–Crippen MR) is 66.9 cm³/mol. The highest BCUT2D eigenvalue weighted by atomic mass is 16.6. The summed E-state index contributed by atoms with van der Waals surface area (Å²) in [5.41, 5.74) is 0.991. The van der Waals surface area contributed by atoms with Gasteiger partial charge in [0.1, 0.15) is 0 Å². The van der Waals surface area contributed by atoms with Crippen molar-refractivity contribution in [3.63, 3.8) is 0 Å². The number of aliphatic hydroxyl groups is 1. The summed E-state index contributed by atoms with van der Waals surface area (Å²) in [6.45, 7) is 5.98. The van der Waals surface area contributed by atoms with E-state index in [1.807, 2.05) is 20.8 Å². The van der Waals surface area contributed by atoms with Gasteiger partial charge in [-0.2, -0.15) is 0 Å². The van der Waals surface area contributed by atoms with Crippen LogP contribution >= 0.6 is 0 Å². The van der Waals surface area contributed by atoms with E-state index in [1.165, 1.54) is 12.1 Å². The number of hydrogen-bond acceptors (Lipinski definition) is 3.